The number of esters is 1. The van der Waals surface area contributed by atoms with Gasteiger partial charge in [-0.1, -0.05) is 34.9 Å². The number of aromatic nitrogens is 1. The molecule has 2 heterocycles. The molecule has 0 amide bonds. The quantitative estimate of drug-likeness (QED) is 0.298. The highest BCUT2D eigenvalue weighted by Crippen LogP contribution is 2.35. The molecule has 0 saturated carbocycles. The molecule has 8 nitrogen and oxygen atoms in total. The lowest BCUT2D eigenvalue weighted by Gasteiger charge is -2.23. The maximum Gasteiger partial charge on any atom is 0.337 e. The van der Waals surface area contributed by atoms with Crippen LogP contribution in [0.3, 0.4) is 0 Å². The minimum Gasteiger partial charge on any atom is -0.490 e. The molecule has 10 heteroatoms. The molecule has 0 aliphatic carbocycles. The van der Waals surface area contributed by atoms with Crippen LogP contribution in [0.4, 0.5) is 0 Å². The minimum absolute atomic E-state index is 0.0616. The average molecular weight is 553 g/mol. The molecule has 0 unspecified atom stereocenters. The van der Waals surface area contributed by atoms with E-state index in [1.54, 1.807) is 42.5 Å². The van der Waals surface area contributed by atoms with Crippen molar-refractivity contribution in [3.05, 3.63) is 84.0 Å². The molecule has 2 aromatic carbocycles. The van der Waals surface area contributed by atoms with Crippen molar-refractivity contribution in [2.45, 2.75) is 19.9 Å². The minimum atomic E-state index is -0.799. The van der Waals surface area contributed by atoms with Crippen LogP contribution < -0.4 is 29.1 Å². The second-order valence-electron chi connectivity index (χ2n) is 7.92. The Morgan fingerprint density at radius 2 is 1.87 bits per heavy atom. The van der Waals surface area contributed by atoms with Gasteiger partial charge < -0.3 is 18.9 Å². The normalized spacial score (nSPS) is 14.6. The van der Waals surface area contributed by atoms with Crippen molar-refractivity contribution in [3.63, 3.8) is 0 Å². The Kier molecular flexibility index (Phi) is 8.56. The van der Waals surface area contributed by atoms with Crippen molar-refractivity contribution in [2.24, 2.45) is 4.99 Å². The monoisotopic (exact) mass is 552 g/mol. The van der Waals surface area contributed by atoms with E-state index >= 15 is 0 Å². The molecule has 0 radical (unpaired) electrons. The summed E-state index contributed by atoms with van der Waals surface area (Å²) in [4.78, 5) is 31.4. The van der Waals surface area contributed by atoms with Crippen molar-refractivity contribution in [2.75, 3.05) is 26.9 Å². The van der Waals surface area contributed by atoms with E-state index < -0.39 is 12.0 Å². The third kappa shape index (κ3) is 5.47. The maximum atomic E-state index is 13.8. The lowest BCUT2D eigenvalue weighted by atomic mass is 9.97. The van der Waals surface area contributed by atoms with Crippen LogP contribution >= 0.6 is 22.9 Å². The molecule has 1 atom stereocenters. The van der Waals surface area contributed by atoms with Crippen LogP contribution in [0.15, 0.2) is 58.0 Å². The second kappa shape index (κ2) is 12.0. The van der Waals surface area contributed by atoms with E-state index in [1.165, 1.54) is 29.2 Å². The Hall–Kier alpha value is -4.00. The van der Waals surface area contributed by atoms with E-state index in [1.807, 2.05) is 13.8 Å². The van der Waals surface area contributed by atoms with Gasteiger partial charge in [0.05, 0.1) is 36.5 Å². The lowest BCUT2D eigenvalue weighted by Crippen LogP contribution is -2.39. The summed E-state index contributed by atoms with van der Waals surface area (Å²) in [6.07, 6.45) is 8.44. The first kappa shape index (κ1) is 27.0. The smallest absolute Gasteiger partial charge is 0.337 e. The fraction of sp³-hybridized carbons (Fsp3) is 0.250. The molecular weight excluding hydrogens is 528 g/mol. The summed E-state index contributed by atoms with van der Waals surface area (Å²) in [6.45, 7) is 4.67. The number of benzene rings is 2. The Bertz CT molecular complexity index is 1620. The molecule has 3 aromatic rings. The molecule has 0 bridgehead atoms. The topological polar surface area (TPSA) is 88.3 Å². The van der Waals surface area contributed by atoms with Gasteiger partial charge in [-0.05, 0) is 55.8 Å². The highest BCUT2D eigenvalue weighted by atomic mass is 35.5. The third-order valence-corrected chi connectivity index (χ3v) is 6.81. The van der Waals surface area contributed by atoms with E-state index in [0.717, 1.165) is 0 Å². The fourth-order valence-corrected chi connectivity index (χ4v) is 5.15. The summed E-state index contributed by atoms with van der Waals surface area (Å²) in [5.74, 6) is 3.38. The van der Waals surface area contributed by atoms with E-state index in [2.05, 4.69) is 10.9 Å². The fourth-order valence-electron chi connectivity index (χ4n) is 4.01. The van der Waals surface area contributed by atoms with Gasteiger partial charge >= 0.3 is 5.97 Å². The second-order valence-corrected chi connectivity index (χ2v) is 9.37. The van der Waals surface area contributed by atoms with Gasteiger partial charge in [-0.3, -0.25) is 9.36 Å². The number of terminal acetylenes is 1. The third-order valence-electron chi connectivity index (χ3n) is 5.58. The highest BCUT2D eigenvalue weighted by Gasteiger charge is 2.31. The highest BCUT2D eigenvalue weighted by molar-refractivity contribution is 7.07. The first-order valence-corrected chi connectivity index (χ1v) is 13.0. The number of carbonyl (C=O) groups excluding carboxylic acids is 1. The Morgan fingerprint density at radius 1 is 1.13 bits per heavy atom. The summed E-state index contributed by atoms with van der Waals surface area (Å²) in [6, 6.07) is 9.57. The van der Waals surface area contributed by atoms with Gasteiger partial charge in [-0.2, -0.15) is 0 Å². The molecule has 38 heavy (non-hydrogen) atoms. The number of ether oxygens (including phenoxy) is 4. The van der Waals surface area contributed by atoms with Gasteiger partial charge in [0.15, 0.2) is 16.3 Å². The SMILES string of the molecule is C#CCOc1ccc(Cl)cc1/C=c1/sc2n(c1=O)[C@H](c1ccc(OCC)c(OCC)c1)C(C(=O)OC)=CN=2. The van der Waals surface area contributed by atoms with Crippen molar-refractivity contribution in [3.8, 4) is 29.6 Å². The van der Waals surface area contributed by atoms with E-state index in [4.69, 9.17) is 37.0 Å². The number of rotatable bonds is 9. The van der Waals surface area contributed by atoms with Gasteiger partial charge in [-0.25, -0.2) is 9.79 Å². The number of hydrogen-bond acceptors (Lipinski definition) is 8. The molecular formula is C28H25ClN2O6S. The van der Waals surface area contributed by atoms with Crippen molar-refractivity contribution < 1.29 is 23.7 Å². The predicted octanol–water partition coefficient (Wildman–Crippen LogP) is 3.48. The molecule has 1 aliphatic heterocycles. The zero-order valence-corrected chi connectivity index (χ0v) is 22.6. The molecule has 4 rings (SSSR count). The largest absolute Gasteiger partial charge is 0.490 e. The van der Waals surface area contributed by atoms with Crippen LogP contribution in [0.2, 0.25) is 5.02 Å². The zero-order chi connectivity index (χ0) is 27.2. The first-order chi connectivity index (χ1) is 18.4. The average Bonchev–Trinajstić information content (AvgIpc) is 3.23. The Labute approximate surface area is 228 Å². The number of hydrogen-bond donors (Lipinski definition) is 0. The molecule has 196 valence electrons. The number of thiazole rings is 1. The van der Waals surface area contributed by atoms with Gasteiger partial charge in [0.1, 0.15) is 12.4 Å². The van der Waals surface area contributed by atoms with Crippen LogP contribution in [-0.2, 0) is 9.53 Å². The maximum absolute atomic E-state index is 13.8. The van der Waals surface area contributed by atoms with Crippen LogP contribution in [0.1, 0.15) is 31.0 Å². The van der Waals surface area contributed by atoms with Crippen LogP contribution in [0.5, 0.6) is 17.2 Å². The number of methoxy groups -OCH3 is 1. The van der Waals surface area contributed by atoms with Crippen molar-refractivity contribution in [1.29, 1.82) is 0 Å². The summed E-state index contributed by atoms with van der Waals surface area (Å²) < 4.78 is 24.0. The Morgan fingerprint density at radius 3 is 2.58 bits per heavy atom. The van der Waals surface area contributed by atoms with Gasteiger partial charge in [-0.15, -0.1) is 6.42 Å². The lowest BCUT2D eigenvalue weighted by molar-refractivity contribution is -0.136. The van der Waals surface area contributed by atoms with Gasteiger partial charge in [0, 0.05) is 16.8 Å². The molecule has 0 saturated heterocycles. The Balaban J connectivity index is 1.91. The van der Waals surface area contributed by atoms with Gasteiger partial charge in [0.25, 0.3) is 5.56 Å². The van der Waals surface area contributed by atoms with Crippen LogP contribution in [-0.4, -0.2) is 37.5 Å². The number of halogens is 1. The van der Waals surface area contributed by atoms with Crippen molar-refractivity contribution >= 4 is 35.0 Å². The summed E-state index contributed by atoms with van der Waals surface area (Å²) in [5.41, 5.74) is 1.08. The number of nitrogens with zero attached hydrogens (tertiary/aromatic N) is 2. The summed E-state index contributed by atoms with van der Waals surface area (Å²) in [5, 5.41) is 0.473. The van der Waals surface area contributed by atoms with E-state index in [9.17, 15) is 9.59 Å². The van der Waals surface area contributed by atoms with Crippen LogP contribution in [0.25, 0.3) is 6.08 Å². The number of fused-ring (bicyclic) bond motifs is 1. The molecule has 1 aliphatic rings. The van der Waals surface area contributed by atoms with Crippen LogP contribution in [0, 0.1) is 12.3 Å². The van der Waals surface area contributed by atoms with E-state index in [0.29, 0.717) is 55.9 Å². The summed E-state index contributed by atoms with van der Waals surface area (Å²) >= 11 is 7.39. The molecule has 1 aromatic heterocycles. The number of carbonyl (C=O) groups is 1. The summed E-state index contributed by atoms with van der Waals surface area (Å²) in [7, 11) is 1.28. The van der Waals surface area contributed by atoms with E-state index in [-0.39, 0.29) is 17.7 Å². The predicted molar refractivity (Wildman–Crippen MR) is 146 cm³/mol. The molecule has 0 spiro atoms. The zero-order valence-electron chi connectivity index (χ0n) is 21.0. The molecule has 0 fully saturated rings. The van der Waals surface area contributed by atoms with Crippen molar-refractivity contribution in [1.82, 2.24) is 4.57 Å². The van der Waals surface area contributed by atoms with Gasteiger partial charge in [0.2, 0.25) is 0 Å². The molecule has 0 N–H and O–H groups in total. The first-order valence-electron chi connectivity index (χ1n) is 11.8. The standard InChI is InChI=1S/C28H25ClN2O6S/c1-5-12-37-21-11-9-19(29)13-18(21)15-24-26(32)31-25(20(27(33)34-4)16-30-28(31)38-24)17-8-10-22(35-6-2)23(14-17)36-7-3/h1,8-11,13-16,25H,6-7,12H2,2-4H3/b24-15+/t25-/m1/s1.